The van der Waals surface area contributed by atoms with Crippen LogP contribution in [-0.2, 0) is 9.47 Å². The van der Waals surface area contributed by atoms with Gasteiger partial charge in [0.2, 0.25) is 0 Å². The molecule has 4 aliphatic heterocycles. The monoisotopic (exact) mass is 379 g/mol. The normalized spacial score (nSPS) is 34.7. The summed E-state index contributed by atoms with van der Waals surface area (Å²) in [5.74, 6) is 0. The Hall–Kier alpha value is -1.50. The van der Waals surface area contributed by atoms with Crippen molar-refractivity contribution in [3.8, 4) is 0 Å². The van der Waals surface area contributed by atoms with Crippen LogP contribution in [0.3, 0.4) is 0 Å². The molecular weight excluding hydrogens is 346 g/mol. The minimum absolute atomic E-state index is 0.154. The molecule has 4 heterocycles. The molecule has 2 unspecified atom stereocenters. The highest BCUT2D eigenvalue weighted by atomic mass is 16.6. The molecule has 2 amide bonds. The topological polar surface area (TPSA) is 71.1 Å². The molecule has 7 heteroatoms. The summed E-state index contributed by atoms with van der Waals surface area (Å²) >= 11 is 0. The zero-order valence-corrected chi connectivity index (χ0v) is 16.8. The molecule has 0 saturated carbocycles. The second-order valence-electron chi connectivity index (χ2n) is 9.74. The van der Waals surface area contributed by atoms with Gasteiger partial charge in [-0.1, -0.05) is 0 Å². The summed E-state index contributed by atoms with van der Waals surface area (Å²) in [4.78, 5) is 28.7. The van der Waals surface area contributed by atoms with Gasteiger partial charge in [0.05, 0.1) is 0 Å². The number of carbonyl (C=O) groups excluding carboxylic acids is 2. The Bertz CT molecular complexity index is 583. The number of carbonyl (C=O) groups is 2. The summed E-state index contributed by atoms with van der Waals surface area (Å²) in [6.07, 6.45) is 6.42. The van der Waals surface area contributed by atoms with Crippen LogP contribution in [0.2, 0.25) is 0 Å². The largest absolute Gasteiger partial charge is 0.444 e. The summed E-state index contributed by atoms with van der Waals surface area (Å²) in [5.41, 5.74) is -0.727. The predicted molar refractivity (Wildman–Crippen MR) is 101 cm³/mol. The van der Waals surface area contributed by atoms with Gasteiger partial charge < -0.3 is 24.6 Å². The van der Waals surface area contributed by atoms with E-state index in [0.717, 1.165) is 38.6 Å². The maximum atomic E-state index is 12.8. The first-order valence-electron chi connectivity index (χ1n) is 10.5. The third kappa shape index (κ3) is 4.03. The Morgan fingerprint density at radius 1 is 1.11 bits per heavy atom. The van der Waals surface area contributed by atoms with E-state index in [1.165, 1.54) is 12.8 Å². The van der Waals surface area contributed by atoms with E-state index in [0.29, 0.717) is 25.2 Å². The first-order chi connectivity index (χ1) is 12.7. The van der Waals surface area contributed by atoms with Crippen LogP contribution in [0, 0.1) is 0 Å². The Balaban J connectivity index is 1.30. The average Bonchev–Trinajstić information content (AvgIpc) is 2.93. The second-order valence-corrected chi connectivity index (χ2v) is 9.74. The quantitative estimate of drug-likeness (QED) is 0.759. The van der Waals surface area contributed by atoms with Crippen molar-refractivity contribution in [3.05, 3.63) is 0 Å². The van der Waals surface area contributed by atoms with E-state index in [2.05, 4.69) is 5.32 Å². The summed E-state index contributed by atoms with van der Waals surface area (Å²) in [6, 6.07) is 1.19. The van der Waals surface area contributed by atoms with Crippen LogP contribution in [0.25, 0.3) is 0 Å². The number of likely N-dealkylation sites (tertiary alicyclic amines) is 1. The van der Waals surface area contributed by atoms with Gasteiger partial charge in [0.15, 0.2) is 0 Å². The van der Waals surface area contributed by atoms with Crippen LogP contribution in [0.5, 0.6) is 0 Å². The van der Waals surface area contributed by atoms with Crippen molar-refractivity contribution in [3.63, 3.8) is 0 Å². The minimum atomic E-state index is -0.479. The van der Waals surface area contributed by atoms with Crippen molar-refractivity contribution < 1.29 is 19.1 Å². The SMILES string of the molecule is CC(C)(C)OC(=O)N1CCC(N2CCC3(CC4CCC(C3)N4)OC2=O)CC1. The number of piperidine rings is 2. The van der Waals surface area contributed by atoms with Crippen molar-refractivity contribution in [2.24, 2.45) is 0 Å². The molecule has 1 spiro atoms. The summed E-state index contributed by atoms with van der Waals surface area (Å²) in [6.45, 7) is 7.67. The van der Waals surface area contributed by atoms with Crippen LogP contribution in [0.15, 0.2) is 0 Å². The smallest absolute Gasteiger partial charge is 0.410 e. The summed E-state index contributed by atoms with van der Waals surface area (Å²) < 4.78 is 11.5. The van der Waals surface area contributed by atoms with Gasteiger partial charge in [-0.05, 0) is 46.5 Å². The fourth-order valence-corrected chi connectivity index (χ4v) is 5.22. The van der Waals surface area contributed by atoms with Crippen molar-refractivity contribution in [1.82, 2.24) is 15.1 Å². The molecule has 4 saturated heterocycles. The molecule has 0 radical (unpaired) electrons. The maximum absolute atomic E-state index is 12.8. The van der Waals surface area contributed by atoms with E-state index in [9.17, 15) is 9.59 Å². The van der Waals surface area contributed by atoms with Crippen LogP contribution in [0.4, 0.5) is 9.59 Å². The average molecular weight is 380 g/mol. The predicted octanol–water partition coefficient (Wildman–Crippen LogP) is 2.88. The molecule has 2 atom stereocenters. The number of fused-ring (bicyclic) bond motifs is 2. The van der Waals surface area contributed by atoms with E-state index in [1.54, 1.807) is 4.90 Å². The van der Waals surface area contributed by atoms with Gasteiger partial charge in [-0.25, -0.2) is 9.59 Å². The Morgan fingerprint density at radius 2 is 1.74 bits per heavy atom. The van der Waals surface area contributed by atoms with Gasteiger partial charge in [-0.15, -0.1) is 0 Å². The fraction of sp³-hybridized carbons (Fsp3) is 0.900. The number of nitrogens with one attached hydrogen (secondary N) is 1. The van der Waals surface area contributed by atoms with Gasteiger partial charge >= 0.3 is 12.2 Å². The Morgan fingerprint density at radius 3 is 2.30 bits per heavy atom. The van der Waals surface area contributed by atoms with Crippen molar-refractivity contribution in [2.75, 3.05) is 19.6 Å². The number of hydrogen-bond donors (Lipinski definition) is 1. The Labute approximate surface area is 161 Å². The highest BCUT2D eigenvalue weighted by Gasteiger charge is 2.50. The molecular formula is C20H33N3O4. The minimum Gasteiger partial charge on any atom is -0.444 e. The molecule has 0 aromatic carbocycles. The molecule has 7 nitrogen and oxygen atoms in total. The maximum Gasteiger partial charge on any atom is 0.410 e. The van der Waals surface area contributed by atoms with Crippen LogP contribution in [0.1, 0.15) is 65.7 Å². The summed E-state index contributed by atoms with van der Waals surface area (Å²) in [5, 5.41) is 3.63. The van der Waals surface area contributed by atoms with E-state index in [-0.39, 0.29) is 23.8 Å². The third-order valence-corrected chi connectivity index (χ3v) is 6.48. The molecule has 0 aromatic rings. The van der Waals surface area contributed by atoms with Gasteiger partial charge in [0.1, 0.15) is 11.2 Å². The highest BCUT2D eigenvalue weighted by Crippen LogP contribution is 2.41. The lowest BCUT2D eigenvalue weighted by molar-refractivity contribution is -0.0847. The number of ether oxygens (including phenoxy) is 2. The van der Waals surface area contributed by atoms with E-state index < -0.39 is 5.60 Å². The molecule has 0 aliphatic carbocycles. The first-order valence-corrected chi connectivity index (χ1v) is 10.5. The molecule has 4 fully saturated rings. The number of rotatable bonds is 1. The fourth-order valence-electron chi connectivity index (χ4n) is 5.22. The van der Waals surface area contributed by atoms with E-state index in [1.807, 2.05) is 25.7 Å². The highest BCUT2D eigenvalue weighted by molar-refractivity contribution is 5.70. The van der Waals surface area contributed by atoms with Gasteiger partial charge in [0.25, 0.3) is 0 Å². The standard InChI is InChI=1S/C20H33N3O4/c1-19(2,3)26-17(24)22-9-6-16(7-10-22)23-11-8-20(27-18(23)25)12-14-4-5-15(13-20)21-14/h14-16,21H,4-13H2,1-3H3. The molecule has 152 valence electrons. The van der Waals surface area contributed by atoms with E-state index in [4.69, 9.17) is 9.47 Å². The second kappa shape index (κ2) is 6.83. The zero-order chi connectivity index (χ0) is 19.2. The van der Waals surface area contributed by atoms with Crippen LogP contribution < -0.4 is 5.32 Å². The molecule has 1 N–H and O–H groups in total. The lowest BCUT2D eigenvalue weighted by atomic mass is 9.83. The molecule has 0 aromatic heterocycles. The molecule has 2 bridgehead atoms. The summed E-state index contributed by atoms with van der Waals surface area (Å²) in [7, 11) is 0. The van der Waals surface area contributed by atoms with Crippen molar-refractivity contribution in [1.29, 1.82) is 0 Å². The van der Waals surface area contributed by atoms with Crippen molar-refractivity contribution in [2.45, 2.75) is 95.0 Å². The molecule has 27 heavy (non-hydrogen) atoms. The number of nitrogens with zero attached hydrogens (tertiary/aromatic N) is 2. The zero-order valence-electron chi connectivity index (χ0n) is 16.8. The Kier molecular flexibility index (Phi) is 4.77. The number of hydrogen-bond acceptors (Lipinski definition) is 5. The lowest BCUT2D eigenvalue weighted by Crippen LogP contribution is -2.59. The van der Waals surface area contributed by atoms with Gasteiger partial charge in [-0.2, -0.15) is 0 Å². The van der Waals surface area contributed by atoms with Gasteiger partial charge in [-0.3, -0.25) is 0 Å². The van der Waals surface area contributed by atoms with Crippen LogP contribution in [-0.4, -0.2) is 70.9 Å². The van der Waals surface area contributed by atoms with Crippen molar-refractivity contribution >= 4 is 12.2 Å². The van der Waals surface area contributed by atoms with E-state index >= 15 is 0 Å². The number of amides is 2. The lowest BCUT2D eigenvalue weighted by Gasteiger charge is -2.48. The van der Waals surface area contributed by atoms with Crippen LogP contribution >= 0.6 is 0 Å². The first kappa shape index (κ1) is 18.8. The molecule has 4 rings (SSSR count). The third-order valence-electron chi connectivity index (χ3n) is 6.48. The van der Waals surface area contributed by atoms with Gasteiger partial charge in [0, 0.05) is 57.0 Å². The molecule has 4 aliphatic rings.